The van der Waals surface area contributed by atoms with Crippen molar-refractivity contribution in [3.8, 4) is 11.8 Å². The zero-order valence-electron chi connectivity index (χ0n) is 17.4. The van der Waals surface area contributed by atoms with E-state index in [1.54, 1.807) is 30.3 Å². The normalized spacial score (nSPS) is 14.5. The van der Waals surface area contributed by atoms with Gasteiger partial charge in [0.15, 0.2) is 0 Å². The van der Waals surface area contributed by atoms with Gasteiger partial charge in [0.05, 0.1) is 32.0 Å². The fourth-order valence-electron chi connectivity index (χ4n) is 3.26. The molecule has 0 atom stereocenters. The van der Waals surface area contributed by atoms with Gasteiger partial charge in [-0.3, -0.25) is 14.5 Å². The number of thioether (sulfide) groups is 1. The Labute approximate surface area is 231 Å². The van der Waals surface area contributed by atoms with E-state index in [0.29, 0.717) is 28.4 Å². The highest BCUT2D eigenvalue weighted by atomic mass is 127. The zero-order valence-corrected chi connectivity index (χ0v) is 23.6. The van der Waals surface area contributed by atoms with Crippen molar-refractivity contribution in [1.82, 2.24) is 4.90 Å². The molecular formula is C25H15Br2IN2O3S. The van der Waals surface area contributed by atoms with E-state index in [2.05, 4.69) is 60.5 Å². The molecule has 0 saturated carbocycles. The SMILES string of the molecule is N#Cc1ccccc1CN1C(=O)S/C(=C/c2cc(Br)c(OCc3ccc(I)cc3)c(Br)c2)C1=O. The third kappa shape index (κ3) is 5.74. The van der Waals surface area contributed by atoms with Crippen molar-refractivity contribution in [2.45, 2.75) is 13.2 Å². The number of benzene rings is 3. The molecule has 0 bridgehead atoms. The molecule has 1 saturated heterocycles. The summed E-state index contributed by atoms with van der Waals surface area (Å²) >= 11 is 10.2. The Bertz CT molecular complexity index is 1330. The molecule has 1 aliphatic rings. The maximum atomic E-state index is 12.9. The Morgan fingerprint density at radius 1 is 1.06 bits per heavy atom. The van der Waals surface area contributed by atoms with Gasteiger partial charge in [-0.1, -0.05) is 30.3 Å². The molecule has 34 heavy (non-hydrogen) atoms. The smallest absolute Gasteiger partial charge is 0.293 e. The molecule has 2 amide bonds. The number of nitrogens with zero attached hydrogens (tertiary/aromatic N) is 2. The first-order valence-corrected chi connectivity index (χ1v) is 13.4. The molecule has 0 aliphatic carbocycles. The predicted molar refractivity (Wildman–Crippen MR) is 148 cm³/mol. The fraction of sp³-hybridized carbons (Fsp3) is 0.0800. The number of carbonyl (C=O) groups excluding carboxylic acids is 2. The summed E-state index contributed by atoms with van der Waals surface area (Å²) in [6, 6.07) is 20.8. The molecule has 0 spiro atoms. The number of nitriles is 1. The maximum absolute atomic E-state index is 12.9. The summed E-state index contributed by atoms with van der Waals surface area (Å²) < 4.78 is 8.59. The number of carbonyl (C=O) groups is 2. The van der Waals surface area contributed by atoms with Gasteiger partial charge in [0.25, 0.3) is 11.1 Å². The molecule has 1 fully saturated rings. The number of imide groups is 1. The van der Waals surface area contributed by atoms with Gasteiger partial charge in [-0.2, -0.15) is 5.26 Å². The molecule has 0 aromatic heterocycles. The van der Waals surface area contributed by atoms with Gasteiger partial charge >= 0.3 is 0 Å². The van der Waals surface area contributed by atoms with Crippen molar-refractivity contribution >= 4 is 83.4 Å². The lowest BCUT2D eigenvalue weighted by Crippen LogP contribution is -2.27. The second kappa shape index (κ2) is 11.1. The van der Waals surface area contributed by atoms with Crippen LogP contribution in [0.15, 0.2) is 74.5 Å². The topological polar surface area (TPSA) is 70.4 Å². The molecule has 3 aromatic carbocycles. The third-order valence-electron chi connectivity index (χ3n) is 4.95. The lowest BCUT2D eigenvalue weighted by Gasteiger charge is -2.13. The maximum Gasteiger partial charge on any atom is 0.293 e. The molecule has 5 nitrogen and oxygen atoms in total. The van der Waals surface area contributed by atoms with Crippen LogP contribution < -0.4 is 4.74 Å². The number of amides is 2. The highest BCUT2D eigenvalue weighted by Crippen LogP contribution is 2.38. The number of ether oxygens (including phenoxy) is 1. The van der Waals surface area contributed by atoms with E-state index in [9.17, 15) is 14.9 Å². The van der Waals surface area contributed by atoms with Crippen LogP contribution in [0.5, 0.6) is 5.75 Å². The van der Waals surface area contributed by atoms with Crippen LogP contribution in [0.2, 0.25) is 0 Å². The van der Waals surface area contributed by atoms with Gasteiger partial charge in [-0.15, -0.1) is 0 Å². The molecule has 9 heteroatoms. The Morgan fingerprint density at radius 2 is 1.74 bits per heavy atom. The van der Waals surface area contributed by atoms with Gasteiger partial charge in [0, 0.05) is 3.57 Å². The third-order valence-corrected chi connectivity index (χ3v) is 7.76. The second-order valence-electron chi connectivity index (χ2n) is 7.27. The standard InChI is InChI=1S/C25H15Br2IN2O3S/c26-20-9-16(10-21(27)23(20)33-14-15-5-7-19(28)8-6-15)11-22-24(31)30(25(32)34-22)13-18-4-2-1-3-17(18)12-29/h1-11H,13-14H2/b22-11+. The average Bonchev–Trinajstić information content (AvgIpc) is 3.07. The predicted octanol–water partition coefficient (Wildman–Crippen LogP) is 7.50. The summed E-state index contributed by atoms with van der Waals surface area (Å²) in [5.41, 5.74) is 2.87. The minimum absolute atomic E-state index is 0.0600. The fourth-order valence-corrected chi connectivity index (χ4v) is 5.91. The molecule has 1 aliphatic heterocycles. The van der Waals surface area contributed by atoms with E-state index in [1.165, 1.54) is 0 Å². The lowest BCUT2D eigenvalue weighted by molar-refractivity contribution is -0.123. The van der Waals surface area contributed by atoms with Gasteiger partial charge < -0.3 is 4.74 Å². The van der Waals surface area contributed by atoms with Crippen LogP contribution in [0.1, 0.15) is 22.3 Å². The first kappa shape index (κ1) is 25.0. The molecule has 170 valence electrons. The average molecular weight is 710 g/mol. The summed E-state index contributed by atoms with van der Waals surface area (Å²) in [4.78, 5) is 26.9. The van der Waals surface area contributed by atoms with E-state index in [0.717, 1.165) is 40.3 Å². The quantitative estimate of drug-likeness (QED) is 0.196. The van der Waals surface area contributed by atoms with Crippen LogP contribution in [-0.2, 0) is 17.9 Å². The van der Waals surface area contributed by atoms with Crippen molar-refractivity contribution < 1.29 is 14.3 Å². The van der Waals surface area contributed by atoms with Crippen molar-refractivity contribution in [1.29, 1.82) is 5.26 Å². The second-order valence-corrected chi connectivity index (χ2v) is 11.2. The highest BCUT2D eigenvalue weighted by Gasteiger charge is 2.35. The van der Waals surface area contributed by atoms with Crippen LogP contribution in [0.3, 0.4) is 0 Å². The van der Waals surface area contributed by atoms with Crippen LogP contribution in [0.25, 0.3) is 6.08 Å². The van der Waals surface area contributed by atoms with E-state index in [-0.39, 0.29) is 17.7 Å². The van der Waals surface area contributed by atoms with Gasteiger partial charge in [-0.05, 0) is 119 Å². The number of hydrogen-bond acceptors (Lipinski definition) is 5. The van der Waals surface area contributed by atoms with E-state index >= 15 is 0 Å². The van der Waals surface area contributed by atoms with Crippen LogP contribution in [0, 0.1) is 14.9 Å². The number of halogens is 3. The molecule has 0 N–H and O–H groups in total. The number of hydrogen-bond donors (Lipinski definition) is 0. The summed E-state index contributed by atoms with van der Waals surface area (Å²) in [7, 11) is 0. The van der Waals surface area contributed by atoms with Crippen LogP contribution >= 0.6 is 66.2 Å². The Balaban J connectivity index is 1.51. The monoisotopic (exact) mass is 708 g/mol. The first-order chi connectivity index (χ1) is 16.4. The van der Waals surface area contributed by atoms with Crippen molar-refractivity contribution in [2.24, 2.45) is 0 Å². The summed E-state index contributed by atoms with van der Waals surface area (Å²) in [5.74, 6) is 0.269. The Kier molecular flexibility index (Phi) is 8.14. The molecular weight excluding hydrogens is 695 g/mol. The summed E-state index contributed by atoms with van der Waals surface area (Å²) in [6.07, 6.45) is 1.68. The Hall–Kier alpha value is -2.13. The molecule has 0 unspecified atom stereocenters. The minimum atomic E-state index is -0.381. The number of rotatable bonds is 6. The zero-order chi connectivity index (χ0) is 24.2. The summed E-state index contributed by atoms with van der Waals surface area (Å²) in [5, 5.41) is 8.92. The summed E-state index contributed by atoms with van der Waals surface area (Å²) in [6.45, 7) is 0.473. The molecule has 1 heterocycles. The van der Waals surface area contributed by atoms with Gasteiger partial charge in [-0.25, -0.2) is 0 Å². The van der Waals surface area contributed by atoms with Gasteiger partial charge in [0.1, 0.15) is 12.4 Å². The van der Waals surface area contributed by atoms with Crippen LogP contribution in [0.4, 0.5) is 4.79 Å². The molecule has 4 rings (SSSR count). The van der Waals surface area contributed by atoms with Crippen LogP contribution in [-0.4, -0.2) is 16.0 Å². The van der Waals surface area contributed by atoms with Gasteiger partial charge in [0.2, 0.25) is 0 Å². The largest absolute Gasteiger partial charge is 0.487 e. The van der Waals surface area contributed by atoms with Crippen molar-refractivity contribution in [3.05, 3.63) is 100 Å². The lowest BCUT2D eigenvalue weighted by atomic mass is 10.1. The van der Waals surface area contributed by atoms with Crippen molar-refractivity contribution in [2.75, 3.05) is 0 Å². The van der Waals surface area contributed by atoms with E-state index in [4.69, 9.17) is 4.74 Å². The van der Waals surface area contributed by atoms with Crippen molar-refractivity contribution in [3.63, 3.8) is 0 Å². The minimum Gasteiger partial charge on any atom is -0.487 e. The molecule has 3 aromatic rings. The first-order valence-electron chi connectivity index (χ1n) is 9.95. The van der Waals surface area contributed by atoms with E-state index in [1.807, 2.05) is 36.4 Å². The highest BCUT2D eigenvalue weighted by molar-refractivity contribution is 14.1. The molecule has 0 radical (unpaired) electrons. The van der Waals surface area contributed by atoms with E-state index < -0.39 is 0 Å². The Morgan fingerprint density at radius 3 is 2.41 bits per heavy atom.